The lowest BCUT2D eigenvalue weighted by Gasteiger charge is -2.28. The van der Waals surface area contributed by atoms with Gasteiger partial charge in [-0.2, -0.15) is 0 Å². The first-order chi connectivity index (χ1) is 8.25. The molecule has 0 atom stereocenters. The summed E-state index contributed by atoms with van der Waals surface area (Å²) in [6.45, 7) is 0. The quantitative estimate of drug-likeness (QED) is 0.854. The maximum atomic E-state index is 12.4. The zero-order valence-corrected chi connectivity index (χ0v) is 11.3. The molecule has 0 spiro atoms. The van der Waals surface area contributed by atoms with Crippen molar-refractivity contribution in [1.82, 2.24) is 4.90 Å². The smallest absolute Gasteiger partial charge is 0.290 e. The fraction of sp³-hybridized carbons (Fsp3) is 0.615. The normalized spacial score (nSPS) is 20.8. The van der Waals surface area contributed by atoms with Crippen molar-refractivity contribution in [1.29, 1.82) is 0 Å². The Balaban J connectivity index is 1.80. The van der Waals surface area contributed by atoms with E-state index in [0.29, 0.717) is 22.5 Å². The number of rotatable bonds is 3. The van der Waals surface area contributed by atoms with E-state index >= 15 is 0 Å². The molecule has 2 saturated carbocycles. The van der Waals surface area contributed by atoms with Gasteiger partial charge in [0, 0.05) is 12.1 Å². The summed E-state index contributed by atoms with van der Waals surface area (Å²) in [7, 11) is 0. The van der Waals surface area contributed by atoms with Gasteiger partial charge in [0.25, 0.3) is 5.91 Å². The highest BCUT2D eigenvalue weighted by molar-refractivity contribution is 9.10. The third-order valence-electron chi connectivity index (χ3n) is 3.68. The second-order valence-corrected chi connectivity index (χ2v) is 5.77. The number of halogens is 1. The van der Waals surface area contributed by atoms with Crippen LogP contribution in [-0.2, 0) is 0 Å². The molecule has 2 aliphatic rings. The lowest BCUT2D eigenvalue weighted by atomic mass is 10.2. The maximum Gasteiger partial charge on any atom is 0.290 e. The number of furan rings is 1. The van der Waals surface area contributed by atoms with Crippen LogP contribution in [-0.4, -0.2) is 22.9 Å². The molecule has 0 saturated heterocycles. The Bertz CT molecular complexity index is 419. The average molecular weight is 298 g/mol. The Kier molecular flexibility index (Phi) is 2.99. The summed E-state index contributed by atoms with van der Waals surface area (Å²) in [6.07, 6.45) is 7.13. The van der Waals surface area contributed by atoms with E-state index in [2.05, 4.69) is 20.8 Å². The highest BCUT2D eigenvalue weighted by atomic mass is 79.9. The standard InChI is InChI=1S/C13H16BrNO2/c14-12-8-7-11(17-12)13(16)15(10-5-6-10)9-3-1-2-4-9/h7-10H,1-6H2. The summed E-state index contributed by atoms with van der Waals surface area (Å²) >= 11 is 3.25. The first kappa shape index (κ1) is 11.3. The molecule has 0 unspecified atom stereocenters. The summed E-state index contributed by atoms with van der Waals surface area (Å²) in [5.74, 6) is 0.542. The Hall–Kier alpha value is -0.770. The van der Waals surface area contributed by atoms with Gasteiger partial charge in [-0.05, 0) is 53.7 Å². The number of hydrogen-bond acceptors (Lipinski definition) is 2. The molecule has 0 aliphatic heterocycles. The van der Waals surface area contributed by atoms with Crippen LogP contribution < -0.4 is 0 Å². The van der Waals surface area contributed by atoms with Crippen molar-refractivity contribution in [3.05, 3.63) is 22.6 Å². The zero-order chi connectivity index (χ0) is 11.8. The minimum Gasteiger partial charge on any atom is -0.444 e. The topological polar surface area (TPSA) is 33.5 Å². The van der Waals surface area contributed by atoms with Gasteiger partial charge in [0.05, 0.1) is 0 Å². The molecule has 92 valence electrons. The molecule has 1 amide bonds. The molecule has 1 aromatic heterocycles. The van der Waals surface area contributed by atoms with Gasteiger partial charge in [-0.1, -0.05) is 12.8 Å². The first-order valence-electron chi connectivity index (χ1n) is 6.34. The van der Waals surface area contributed by atoms with Gasteiger partial charge in [-0.15, -0.1) is 0 Å². The number of hydrogen-bond donors (Lipinski definition) is 0. The van der Waals surface area contributed by atoms with Gasteiger partial charge in [-0.25, -0.2) is 0 Å². The van der Waals surface area contributed by atoms with Crippen molar-refractivity contribution in [2.45, 2.75) is 50.6 Å². The van der Waals surface area contributed by atoms with E-state index in [4.69, 9.17) is 4.42 Å². The lowest BCUT2D eigenvalue weighted by Crippen LogP contribution is -2.40. The average Bonchev–Trinajstić information content (AvgIpc) is 2.82. The van der Waals surface area contributed by atoms with Crippen LogP contribution in [0.5, 0.6) is 0 Å². The monoisotopic (exact) mass is 297 g/mol. The van der Waals surface area contributed by atoms with E-state index in [1.54, 1.807) is 12.1 Å². The van der Waals surface area contributed by atoms with Crippen LogP contribution in [0.25, 0.3) is 0 Å². The minimum atomic E-state index is 0.0742. The molecular weight excluding hydrogens is 282 g/mol. The molecule has 2 aliphatic carbocycles. The number of carbonyl (C=O) groups is 1. The molecule has 0 bridgehead atoms. The maximum absolute atomic E-state index is 12.4. The highest BCUT2D eigenvalue weighted by Gasteiger charge is 2.39. The Labute approximate surface area is 109 Å². The molecule has 0 radical (unpaired) electrons. The van der Waals surface area contributed by atoms with Crippen molar-refractivity contribution >= 4 is 21.8 Å². The van der Waals surface area contributed by atoms with Crippen LogP contribution in [0.3, 0.4) is 0 Å². The molecule has 2 fully saturated rings. The molecule has 1 aromatic rings. The van der Waals surface area contributed by atoms with Crippen LogP contribution in [0.2, 0.25) is 0 Å². The van der Waals surface area contributed by atoms with Crippen molar-refractivity contribution in [3.8, 4) is 0 Å². The van der Waals surface area contributed by atoms with Crippen molar-refractivity contribution in [3.63, 3.8) is 0 Å². The summed E-state index contributed by atoms with van der Waals surface area (Å²) < 4.78 is 6.02. The molecular formula is C13H16BrNO2. The molecule has 4 heteroatoms. The molecule has 17 heavy (non-hydrogen) atoms. The van der Waals surface area contributed by atoms with E-state index in [9.17, 15) is 4.79 Å². The Morgan fingerprint density at radius 3 is 2.35 bits per heavy atom. The van der Waals surface area contributed by atoms with Gasteiger partial charge in [0.1, 0.15) is 0 Å². The van der Waals surface area contributed by atoms with Crippen LogP contribution >= 0.6 is 15.9 Å². The van der Waals surface area contributed by atoms with Crippen molar-refractivity contribution in [2.24, 2.45) is 0 Å². The van der Waals surface area contributed by atoms with Crippen LogP contribution in [0, 0.1) is 0 Å². The Morgan fingerprint density at radius 1 is 1.18 bits per heavy atom. The van der Waals surface area contributed by atoms with Gasteiger partial charge in [-0.3, -0.25) is 4.79 Å². The van der Waals surface area contributed by atoms with Crippen LogP contribution in [0.4, 0.5) is 0 Å². The van der Waals surface area contributed by atoms with Gasteiger partial charge >= 0.3 is 0 Å². The predicted molar refractivity (Wildman–Crippen MR) is 67.9 cm³/mol. The number of nitrogens with zero attached hydrogens (tertiary/aromatic N) is 1. The summed E-state index contributed by atoms with van der Waals surface area (Å²) in [4.78, 5) is 14.5. The Morgan fingerprint density at radius 2 is 1.82 bits per heavy atom. The van der Waals surface area contributed by atoms with Gasteiger partial charge < -0.3 is 9.32 Å². The molecule has 0 aromatic carbocycles. The van der Waals surface area contributed by atoms with E-state index in [-0.39, 0.29) is 5.91 Å². The fourth-order valence-electron chi connectivity index (χ4n) is 2.72. The second-order valence-electron chi connectivity index (χ2n) is 4.99. The van der Waals surface area contributed by atoms with Gasteiger partial charge in [0.15, 0.2) is 10.4 Å². The number of carbonyl (C=O) groups excluding carboxylic acids is 1. The van der Waals surface area contributed by atoms with Crippen molar-refractivity contribution in [2.75, 3.05) is 0 Å². The molecule has 3 nitrogen and oxygen atoms in total. The highest BCUT2D eigenvalue weighted by Crippen LogP contribution is 2.35. The van der Waals surface area contributed by atoms with Crippen LogP contribution in [0.15, 0.2) is 21.2 Å². The van der Waals surface area contributed by atoms with E-state index < -0.39 is 0 Å². The van der Waals surface area contributed by atoms with Crippen LogP contribution in [0.1, 0.15) is 49.1 Å². The summed E-state index contributed by atoms with van der Waals surface area (Å²) in [5.41, 5.74) is 0. The fourth-order valence-corrected chi connectivity index (χ4v) is 3.03. The minimum absolute atomic E-state index is 0.0742. The molecule has 3 rings (SSSR count). The zero-order valence-electron chi connectivity index (χ0n) is 9.69. The second kappa shape index (κ2) is 4.48. The first-order valence-corrected chi connectivity index (χ1v) is 7.13. The summed E-state index contributed by atoms with van der Waals surface area (Å²) in [5, 5.41) is 0. The lowest BCUT2D eigenvalue weighted by molar-refractivity contribution is 0.0630. The molecule has 1 heterocycles. The van der Waals surface area contributed by atoms with E-state index in [1.165, 1.54) is 12.8 Å². The third-order valence-corrected chi connectivity index (χ3v) is 4.10. The van der Waals surface area contributed by atoms with E-state index in [0.717, 1.165) is 25.7 Å². The largest absolute Gasteiger partial charge is 0.444 e. The molecule has 0 N–H and O–H groups in total. The predicted octanol–water partition coefficient (Wildman–Crippen LogP) is 3.59. The van der Waals surface area contributed by atoms with Gasteiger partial charge in [0.2, 0.25) is 0 Å². The summed E-state index contributed by atoms with van der Waals surface area (Å²) in [6, 6.07) is 4.46. The van der Waals surface area contributed by atoms with Crippen molar-refractivity contribution < 1.29 is 9.21 Å². The number of amides is 1. The third kappa shape index (κ3) is 2.28. The SMILES string of the molecule is O=C(c1ccc(Br)o1)N(C1CCCC1)C1CC1. The van der Waals surface area contributed by atoms with E-state index in [1.807, 2.05) is 0 Å².